The van der Waals surface area contributed by atoms with Crippen LogP contribution in [0.15, 0.2) is 0 Å². The van der Waals surface area contributed by atoms with Crippen LogP contribution in [0.25, 0.3) is 0 Å². The molecule has 1 saturated heterocycles. The molecule has 116 valence electrons. The highest BCUT2D eigenvalue weighted by atomic mass is 16.4. The first-order chi connectivity index (χ1) is 9.25. The van der Waals surface area contributed by atoms with E-state index in [-0.39, 0.29) is 11.4 Å². The predicted molar refractivity (Wildman–Crippen MR) is 78.6 cm³/mol. The number of likely N-dealkylation sites (tertiary alicyclic amines) is 1. The maximum Gasteiger partial charge on any atom is 0.326 e. The van der Waals surface area contributed by atoms with E-state index in [4.69, 9.17) is 5.11 Å². The molecule has 1 rings (SSSR count). The summed E-state index contributed by atoms with van der Waals surface area (Å²) in [5, 5.41) is 11.6. The third-order valence-electron chi connectivity index (χ3n) is 4.24. The zero-order valence-electron chi connectivity index (χ0n) is 13.1. The van der Waals surface area contributed by atoms with E-state index < -0.39 is 12.0 Å². The largest absolute Gasteiger partial charge is 0.480 e. The van der Waals surface area contributed by atoms with Crippen molar-refractivity contribution in [3.8, 4) is 0 Å². The lowest BCUT2D eigenvalue weighted by molar-refractivity contribution is -0.139. The summed E-state index contributed by atoms with van der Waals surface area (Å²) in [7, 11) is 0. The average molecular weight is 284 g/mol. The summed E-state index contributed by atoms with van der Waals surface area (Å²) < 4.78 is 0. The lowest BCUT2D eigenvalue weighted by Gasteiger charge is -2.30. The van der Waals surface area contributed by atoms with Crippen molar-refractivity contribution >= 4 is 12.0 Å². The van der Waals surface area contributed by atoms with Crippen molar-refractivity contribution in [1.29, 1.82) is 0 Å². The fraction of sp³-hybridized carbons (Fsp3) is 0.867. The number of nitrogens with zero attached hydrogens (tertiary/aromatic N) is 1. The second-order valence-electron chi connectivity index (χ2n) is 6.73. The molecular formula is C15H28N2O3. The highest BCUT2D eigenvalue weighted by Crippen LogP contribution is 2.34. The molecule has 0 spiro atoms. The number of urea groups is 1. The zero-order valence-corrected chi connectivity index (χ0v) is 13.1. The van der Waals surface area contributed by atoms with E-state index in [1.54, 1.807) is 11.8 Å². The van der Waals surface area contributed by atoms with Gasteiger partial charge in [0, 0.05) is 13.1 Å². The van der Waals surface area contributed by atoms with Crippen molar-refractivity contribution in [3.05, 3.63) is 0 Å². The summed E-state index contributed by atoms with van der Waals surface area (Å²) in [6.07, 6.45) is 3.50. The molecule has 1 fully saturated rings. The molecule has 1 heterocycles. The first-order valence-electron chi connectivity index (χ1n) is 7.54. The Morgan fingerprint density at radius 3 is 2.45 bits per heavy atom. The van der Waals surface area contributed by atoms with E-state index in [0.29, 0.717) is 25.4 Å². The maximum atomic E-state index is 12.1. The smallest absolute Gasteiger partial charge is 0.326 e. The Bertz CT molecular complexity index is 350. The normalized spacial score (nSPS) is 22.0. The van der Waals surface area contributed by atoms with Gasteiger partial charge in [0.1, 0.15) is 6.04 Å². The molecule has 1 unspecified atom stereocenters. The number of carboxylic acids is 1. The van der Waals surface area contributed by atoms with Gasteiger partial charge in [-0.15, -0.1) is 0 Å². The molecule has 0 aliphatic carbocycles. The van der Waals surface area contributed by atoms with Crippen LogP contribution in [0.2, 0.25) is 0 Å². The van der Waals surface area contributed by atoms with Crippen LogP contribution in [0.1, 0.15) is 53.4 Å². The third kappa shape index (κ3) is 4.69. The van der Waals surface area contributed by atoms with Crippen molar-refractivity contribution in [3.63, 3.8) is 0 Å². The fourth-order valence-corrected chi connectivity index (χ4v) is 2.74. The van der Waals surface area contributed by atoms with Crippen LogP contribution in [-0.4, -0.2) is 41.1 Å². The highest BCUT2D eigenvalue weighted by molar-refractivity contribution is 5.82. The zero-order chi connectivity index (χ0) is 15.3. The van der Waals surface area contributed by atoms with Crippen molar-refractivity contribution < 1.29 is 14.7 Å². The molecule has 2 atom stereocenters. The minimum atomic E-state index is -0.969. The number of aliphatic carboxylic acids is 1. The van der Waals surface area contributed by atoms with E-state index >= 15 is 0 Å². The van der Waals surface area contributed by atoms with Crippen molar-refractivity contribution in [2.45, 2.75) is 59.4 Å². The summed E-state index contributed by atoms with van der Waals surface area (Å²) in [5.74, 6) is -0.356. The number of rotatable bonds is 3. The second kappa shape index (κ2) is 6.95. The second-order valence-corrected chi connectivity index (χ2v) is 6.73. The van der Waals surface area contributed by atoms with E-state index in [0.717, 1.165) is 19.3 Å². The quantitative estimate of drug-likeness (QED) is 0.837. The van der Waals surface area contributed by atoms with Gasteiger partial charge >= 0.3 is 12.0 Å². The lowest BCUT2D eigenvalue weighted by atomic mass is 9.77. The molecule has 0 aromatic heterocycles. The van der Waals surface area contributed by atoms with Crippen LogP contribution in [0.5, 0.6) is 0 Å². The number of hydrogen-bond donors (Lipinski definition) is 2. The summed E-state index contributed by atoms with van der Waals surface area (Å²) in [6, 6.07) is -1.03. The molecule has 2 N–H and O–H groups in total. The Kier molecular flexibility index (Phi) is 5.84. The summed E-state index contributed by atoms with van der Waals surface area (Å²) in [4.78, 5) is 24.9. The third-order valence-corrected chi connectivity index (χ3v) is 4.24. The van der Waals surface area contributed by atoms with Gasteiger partial charge < -0.3 is 15.3 Å². The van der Waals surface area contributed by atoms with E-state index in [1.807, 2.05) is 0 Å². The average Bonchev–Trinajstić information content (AvgIpc) is 2.60. The minimum absolute atomic E-state index is 0.242. The summed E-state index contributed by atoms with van der Waals surface area (Å²) >= 11 is 0. The van der Waals surface area contributed by atoms with Crippen molar-refractivity contribution in [2.24, 2.45) is 11.3 Å². The standard InChI is InChI=1S/C15H28N2O3/c1-5-12(13(18)19)16-14(20)17-9-6-7-11(8-10-17)15(2,3)4/h11-12H,5-10H2,1-4H3,(H,16,20)(H,18,19)/t11?,12-/m0/s1. The fourth-order valence-electron chi connectivity index (χ4n) is 2.74. The molecule has 0 bridgehead atoms. The van der Waals surface area contributed by atoms with Gasteiger partial charge in [-0.25, -0.2) is 9.59 Å². The van der Waals surface area contributed by atoms with Crippen LogP contribution < -0.4 is 5.32 Å². The first-order valence-corrected chi connectivity index (χ1v) is 7.54. The Balaban J connectivity index is 2.56. The number of amides is 2. The highest BCUT2D eigenvalue weighted by Gasteiger charge is 2.29. The molecule has 0 aromatic rings. The lowest BCUT2D eigenvalue weighted by Crippen LogP contribution is -2.48. The number of carbonyl (C=O) groups is 2. The van der Waals surface area contributed by atoms with Gasteiger partial charge in [-0.05, 0) is 37.0 Å². The number of carboxylic acid groups (broad SMARTS) is 1. The van der Waals surface area contributed by atoms with Gasteiger partial charge in [0.2, 0.25) is 0 Å². The van der Waals surface area contributed by atoms with Gasteiger partial charge in [-0.1, -0.05) is 27.7 Å². The molecular weight excluding hydrogens is 256 g/mol. The van der Waals surface area contributed by atoms with Gasteiger partial charge in [0.25, 0.3) is 0 Å². The minimum Gasteiger partial charge on any atom is -0.480 e. The predicted octanol–water partition coefficient (Wildman–Crippen LogP) is 2.71. The van der Waals surface area contributed by atoms with E-state index in [9.17, 15) is 9.59 Å². The van der Waals surface area contributed by atoms with Crippen molar-refractivity contribution in [2.75, 3.05) is 13.1 Å². The SMILES string of the molecule is CC[C@H](NC(=O)N1CCCC(C(C)(C)C)CC1)C(=O)O. The van der Waals surface area contributed by atoms with Gasteiger partial charge in [-0.2, -0.15) is 0 Å². The molecule has 2 amide bonds. The Hall–Kier alpha value is -1.26. The number of hydrogen-bond acceptors (Lipinski definition) is 2. The van der Waals surface area contributed by atoms with Crippen molar-refractivity contribution in [1.82, 2.24) is 10.2 Å². The molecule has 0 saturated carbocycles. The first kappa shape index (κ1) is 16.8. The van der Waals surface area contributed by atoms with Crippen LogP contribution in [0.3, 0.4) is 0 Å². The van der Waals surface area contributed by atoms with Crippen LogP contribution in [0.4, 0.5) is 4.79 Å². The van der Waals surface area contributed by atoms with Gasteiger partial charge in [-0.3, -0.25) is 0 Å². The molecule has 0 radical (unpaired) electrons. The molecule has 1 aliphatic heterocycles. The summed E-state index contributed by atoms with van der Waals surface area (Å²) in [6.45, 7) is 9.91. The number of carbonyl (C=O) groups excluding carboxylic acids is 1. The van der Waals surface area contributed by atoms with Crippen LogP contribution in [-0.2, 0) is 4.79 Å². The Morgan fingerprint density at radius 2 is 1.95 bits per heavy atom. The topological polar surface area (TPSA) is 69.6 Å². The Labute approximate surface area is 121 Å². The van der Waals surface area contributed by atoms with Gasteiger partial charge in [0.05, 0.1) is 0 Å². The molecule has 5 nitrogen and oxygen atoms in total. The van der Waals surface area contributed by atoms with Gasteiger partial charge in [0.15, 0.2) is 0 Å². The summed E-state index contributed by atoms with van der Waals surface area (Å²) in [5.41, 5.74) is 0.263. The Morgan fingerprint density at radius 1 is 1.30 bits per heavy atom. The molecule has 1 aliphatic rings. The van der Waals surface area contributed by atoms with E-state index in [2.05, 4.69) is 26.1 Å². The van der Waals surface area contributed by atoms with Crippen LogP contribution in [0, 0.1) is 11.3 Å². The van der Waals surface area contributed by atoms with E-state index in [1.165, 1.54) is 0 Å². The maximum absolute atomic E-state index is 12.1. The monoisotopic (exact) mass is 284 g/mol. The molecule has 20 heavy (non-hydrogen) atoms. The number of nitrogens with one attached hydrogen (secondary N) is 1. The molecule has 0 aromatic carbocycles. The molecule has 5 heteroatoms. The van der Waals surface area contributed by atoms with Crippen LogP contribution >= 0.6 is 0 Å².